The van der Waals surface area contributed by atoms with Crippen LogP contribution in [-0.2, 0) is 6.42 Å². The average Bonchev–Trinajstić information content (AvgIpc) is 3.11. The summed E-state index contributed by atoms with van der Waals surface area (Å²) < 4.78 is 1.56. The van der Waals surface area contributed by atoms with Crippen molar-refractivity contribution < 1.29 is 0 Å². The maximum atomic E-state index is 12.7. The molecule has 0 radical (unpaired) electrons. The lowest BCUT2D eigenvalue weighted by Crippen LogP contribution is -2.43. The maximum absolute atomic E-state index is 12.7. The summed E-state index contributed by atoms with van der Waals surface area (Å²) in [5.41, 5.74) is 3.65. The number of aryl methyl sites for hydroxylation is 1. The molecular weight excluding hydrogens is 340 g/mol. The van der Waals surface area contributed by atoms with Crippen LogP contribution in [0, 0.1) is 6.92 Å². The van der Waals surface area contributed by atoms with Gasteiger partial charge in [-0.3, -0.25) is 15.1 Å². The van der Waals surface area contributed by atoms with E-state index in [0.29, 0.717) is 23.3 Å². The first kappa shape index (κ1) is 15.7. The summed E-state index contributed by atoms with van der Waals surface area (Å²) in [5, 5.41) is 3.26. The van der Waals surface area contributed by atoms with Crippen molar-refractivity contribution in [3.05, 3.63) is 82.0 Å². The van der Waals surface area contributed by atoms with Gasteiger partial charge in [0.2, 0.25) is 11.9 Å². The van der Waals surface area contributed by atoms with Gasteiger partial charge in [-0.15, -0.1) is 0 Å². The molecule has 1 N–H and O–H groups in total. The molecule has 1 aromatic carbocycles. The van der Waals surface area contributed by atoms with Crippen LogP contribution in [0.3, 0.4) is 0 Å². The number of guanidine groups is 1. The van der Waals surface area contributed by atoms with E-state index in [1.807, 2.05) is 31.2 Å². The smallest absolute Gasteiger partial charge is 0.257 e. The lowest BCUT2D eigenvalue weighted by molar-refractivity contribution is 0.560. The number of aromatic nitrogens is 3. The molecule has 2 aromatic heterocycles. The molecule has 7 nitrogen and oxygen atoms in total. The quantitative estimate of drug-likeness (QED) is 0.723. The third-order valence-corrected chi connectivity index (χ3v) is 4.89. The number of hydrogen-bond acceptors (Lipinski definition) is 6. The highest BCUT2D eigenvalue weighted by Crippen LogP contribution is 2.31. The number of nitrogens with one attached hydrogen (secondary N) is 1. The number of nitrogens with zero attached hydrogens (tertiary/aromatic N) is 5. The highest BCUT2D eigenvalue weighted by Gasteiger charge is 2.31. The Kier molecular flexibility index (Phi) is 3.53. The molecule has 1 atom stereocenters. The molecule has 5 rings (SSSR count). The number of aliphatic imine (C=N–C) groups is 1. The second kappa shape index (κ2) is 6.05. The first-order valence-electron chi connectivity index (χ1n) is 8.92. The lowest BCUT2D eigenvalue weighted by Gasteiger charge is -2.30. The number of fused-ring (bicyclic) bond motifs is 2. The largest absolute Gasteiger partial charge is 0.312 e. The molecule has 0 spiro atoms. The van der Waals surface area contributed by atoms with Gasteiger partial charge in [0.15, 0.2) is 6.17 Å². The SMILES string of the molecule is Cc1cc(=O)n2c(n1)NC(N1CCc3ccccc31)=N[C@@H]2c1ccccn1. The Morgan fingerprint density at radius 2 is 2.00 bits per heavy atom. The summed E-state index contributed by atoms with van der Waals surface area (Å²) in [5.74, 6) is 1.18. The zero-order valence-electron chi connectivity index (χ0n) is 14.8. The lowest BCUT2D eigenvalue weighted by atomic mass is 10.2. The Hall–Kier alpha value is -3.48. The summed E-state index contributed by atoms with van der Waals surface area (Å²) in [4.78, 5) is 28.6. The molecule has 27 heavy (non-hydrogen) atoms. The first-order chi connectivity index (χ1) is 13.2. The summed E-state index contributed by atoms with van der Waals surface area (Å²) in [6.07, 6.45) is 2.12. The minimum Gasteiger partial charge on any atom is -0.312 e. The van der Waals surface area contributed by atoms with Gasteiger partial charge in [0.05, 0.1) is 5.69 Å². The van der Waals surface area contributed by atoms with Gasteiger partial charge in [0, 0.05) is 30.2 Å². The van der Waals surface area contributed by atoms with E-state index in [1.165, 1.54) is 11.6 Å². The van der Waals surface area contributed by atoms with Crippen LogP contribution in [0.2, 0.25) is 0 Å². The predicted octanol–water partition coefficient (Wildman–Crippen LogP) is 2.34. The van der Waals surface area contributed by atoms with Gasteiger partial charge in [-0.2, -0.15) is 0 Å². The molecule has 134 valence electrons. The molecule has 0 saturated heterocycles. The van der Waals surface area contributed by atoms with Crippen molar-refractivity contribution in [1.29, 1.82) is 0 Å². The van der Waals surface area contributed by atoms with E-state index in [2.05, 4.69) is 38.4 Å². The highest BCUT2D eigenvalue weighted by molar-refractivity contribution is 6.06. The summed E-state index contributed by atoms with van der Waals surface area (Å²) in [7, 11) is 0. The minimum absolute atomic E-state index is 0.148. The van der Waals surface area contributed by atoms with Gasteiger partial charge >= 0.3 is 0 Å². The van der Waals surface area contributed by atoms with Crippen LogP contribution < -0.4 is 15.8 Å². The van der Waals surface area contributed by atoms with Gasteiger partial charge in [0.1, 0.15) is 0 Å². The van der Waals surface area contributed by atoms with E-state index in [-0.39, 0.29) is 5.56 Å². The number of para-hydroxylation sites is 1. The minimum atomic E-state index is -0.550. The second-order valence-electron chi connectivity index (χ2n) is 6.67. The van der Waals surface area contributed by atoms with Crippen molar-refractivity contribution in [2.45, 2.75) is 19.5 Å². The van der Waals surface area contributed by atoms with Gasteiger partial charge in [-0.1, -0.05) is 24.3 Å². The van der Waals surface area contributed by atoms with Crippen molar-refractivity contribution in [2.75, 3.05) is 16.8 Å². The third-order valence-electron chi connectivity index (χ3n) is 4.89. The van der Waals surface area contributed by atoms with Crippen molar-refractivity contribution >= 4 is 17.6 Å². The van der Waals surface area contributed by atoms with Gasteiger partial charge in [-0.25, -0.2) is 14.5 Å². The topological polar surface area (TPSA) is 75.4 Å². The maximum Gasteiger partial charge on any atom is 0.257 e. The van der Waals surface area contributed by atoms with Crippen LogP contribution in [-0.4, -0.2) is 27.0 Å². The fourth-order valence-electron chi connectivity index (χ4n) is 3.66. The molecule has 4 heterocycles. The van der Waals surface area contributed by atoms with E-state index in [4.69, 9.17) is 4.99 Å². The van der Waals surface area contributed by atoms with Crippen LogP contribution >= 0.6 is 0 Å². The average molecular weight is 358 g/mol. The summed E-state index contributed by atoms with van der Waals surface area (Å²) >= 11 is 0. The number of rotatable bonds is 1. The van der Waals surface area contributed by atoms with Crippen LogP contribution in [0.25, 0.3) is 0 Å². The molecule has 0 bridgehead atoms. The zero-order valence-corrected chi connectivity index (χ0v) is 14.8. The standard InChI is InChI=1S/C20H18N6O/c1-13-12-17(27)26-18(15-7-4-5-10-21-15)23-19(24-20(26)22-13)25-11-9-14-6-2-3-8-16(14)25/h2-8,10,12,18H,9,11H2,1H3,(H,22,23,24)/t18-/m0/s1. The number of hydrogen-bond donors (Lipinski definition) is 1. The Labute approximate surface area is 156 Å². The van der Waals surface area contributed by atoms with Gasteiger partial charge in [0.25, 0.3) is 5.56 Å². The number of pyridine rings is 1. The normalized spacial score (nSPS) is 17.7. The molecule has 0 aliphatic carbocycles. The monoisotopic (exact) mass is 358 g/mol. The van der Waals surface area contributed by atoms with E-state index < -0.39 is 6.17 Å². The van der Waals surface area contributed by atoms with Gasteiger partial charge in [-0.05, 0) is 37.1 Å². The van der Waals surface area contributed by atoms with Gasteiger partial charge < -0.3 is 4.90 Å². The molecule has 2 aliphatic heterocycles. The summed E-state index contributed by atoms with van der Waals surface area (Å²) in [6.45, 7) is 2.65. The summed E-state index contributed by atoms with van der Waals surface area (Å²) in [6, 6.07) is 15.5. The Balaban J connectivity index is 1.66. The van der Waals surface area contributed by atoms with E-state index >= 15 is 0 Å². The zero-order chi connectivity index (χ0) is 18.4. The molecule has 2 aliphatic rings. The van der Waals surface area contributed by atoms with Crippen molar-refractivity contribution in [3.63, 3.8) is 0 Å². The van der Waals surface area contributed by atoms with Crippen molar-refractivity contribution in [2.24, 2.45) is 4.99 Å². The van der Waals surface area contributed by atoms with Crippen LogP contribution in [0.1, 0.15) is 23.1 Å². The Bertz CT molecular complexity index is 1100. The van der Waals surface area contributed by atoms with Crippen LogP contribution in [0.4, 0.5) is 11.6 Å². The second-order valence-corrected chi connectivity index (χ2v) is 6.67. The van der Waals surface area contributed by atoms with Crippen molar-refractivity contribution in [1.82, 2.24) is 14.5 Å². The van der Waals surface area contributed by atoms with Crippen LogP contribution in [0.5, 0.6) is 0 Å². The Morgan fingerprint density at radius 3 is 2.85 bits per heavy atom. The molecule has 0 unspecified atom stereocenters. The molecule has 7 heteroatoms. The molecule has 3 aromatic rings. The molecule has 0 saturated carbocycles. The number of anilines is 2. The molecule has 0 fully saturated rings. The molecule has 0 amide bonds. The number of benzene rings is 1. The van der Waals surface area contributed by atoms with E-state index in [1.54, 1.807) is 10.8 Å². The fraction of sp³-hybridized carbons (Fsp3) is 0.200. The predicted molar refractivity (Wildman–Crippen MR) is 104 cm³/mol. The van der Waals surface area contributed by atoms with E-state index in [9.17, 15) is 4.79 Å². The fourth-order valence-corrected chi connectivity index (χ4v) is 3.66. The third kappa shape index (κ3) is 2.59. The van der Waals surface area contributed by atoms with Crippen LogP contribution in [0.15, 0.2) is 64.5 Å². The highest BCUT2D eigenvalue weighted by atomic mass is 16.1. The Morgan fingerprint density at radius 1 is 1.15 bits per heavy atom. The first-order valence-corrected chi connectivity index (χ1v) is 8.92. The van der Waals surface area contributed by atoms with Crippen molar-refractivity contribution in [3.8, 4) is 0 Å². The molecular formula is C20H18N6O. The van der Waals surface area contributed by atoms with E-state index in [0.717, 1.165) is 18.7 Å².